The van der Waals surface area contributed by atoms with Gasteiger partial charge in [-0.25, -0.2) is 0 Å². The fourth-order valence-electron chi connectivity index (χ4n) is 1.22. The molecule has 1 aliphatic heterocycles. The van der Waals surface area contributed by atoms with Crippen LogP contribution in [0.5, 0.6) is 0 Å². The van der Waals surface area contributed by atoms with Gasteiger partial charge in [-0.05, 0) is 13.3 Å². The van der Waals surface area contributed by atoms with Crippen LogP contribution in [0, 0.1) is 11.3 Å². The van der Waals surface area contributed by atoms with E-state index in [0.29, 0.717) is 25.0 Å². The number of ketones is 1. The molecule has 0 saturated carbocycles. The minimum Gasteiger partial charge on any atom is -0.298 e. The largest absolute Gasteiger partial charge is 0.298 e. The van der Waals surface area contributed by atoms with Gasteiger partial charge in [0.25, 0.3) is 0 Å². The highest BCUT2D eigenvalue weighted by Crippen LogP contribution is 2.38. The Kier molecular flexibility index (Phi) is 2.56. The zero-order chi connectivity index (χ0) is 8.32. The second kappa shape index (κ2) is 3.27. The number of hydrogen-bond donors (Lipinski definition) is 0. The normalized spacial score (nSPS) is 30.4. The molecule has 1 aliphatic rings. The molecular weight excluding hydrogens is 158 g/mol. The van der Waals surface area contributed by atoms with Crippen molar-refractivity contribution in [3.63, 3.8) is 0 Å². The summed E-state index contributed by atoms with van der Waals surface area (Å²) in [6.07, 6.45) is 1.90. The van der Waals surface area contributed by atoms with E-state index in [4.69, 9.17) is 5.26 Å². The van der Waals surface area contributed by atoms with Crippen molar-refractivity contribution in [1.82, 2.24) is 0 Å². The van der Waals surface area contributed by atoms with E-state index in [2.05, 4.69) is 6.07 Å². The first-order valence-electron chi connectivity index (χ1n) is 3.73. The molecular formula is C8H11NOS. The number of nitrogens with zero attached hydrogens (tertiary/aromatic N) is 1. The molecule has 0 aromatic heterocycles. The molecule has 0 N–H and O–H groups in total. The maximum Gasteiger partial charge on any atom is 0.149 e. The first-order chi connectivity index (χ1) is 5.19. The van der Waals surface area contributed by atoms with E-state index in [9.17, 15) is 4.79 Å². The molecule has 2 nitrogen and oxygen atoms in total. The Morgan fingerprint density at radius 2 is 2.55 bits per heavy atom. The van der Waals surface area contributed by atoms with Crippen LogP contribution in [0.4, 0.5) is 0 Å². The molecule has 0 radical (unpaired) electrons. The van der Waals surface area contributed by atoms with Gasteiger partial charge in [0.05, 0.1) is 10.8 Å². The highest BCUT2D eigenvalue weighted by atomic mass is 32.2. The maximum absolute atomic E-state index is 11.3. The highest BCUT2D eigenvalue weighted by Gasteiger charge is 2.37. The Labute approximate surface area is 71.0 Å². The molecule has 1 rings (SSSR count). The summed E-state index contributed by atoms with van der Waals surface area (Å²) in [7, 11) is 0. The number of carbonyl (C=O) groups excluding carboxylic acids is 1. The quantitative estimate of drug-likeness (QED) is 0.632. The fourth-order valence-corrected chi connectivity index (χ4v) is 2.47. The molecule has 0 aromatic carbocycles. The van der Waals surface area contributed by atoms with Crippen LogP contribution in [0.2, 0.25) is 0 Å². The molecule has 0 amide bonds. The lowest BCUT2D eigenvalue weighted by Crippen LogP contribution is -2.25. The van der Waals surface area contributed by atoms with Crippen molar-refractivity contribution in [3.8, 4) is 6.07 Å². The molecule has 3 heteroatoms. The van der Waals surface area contributed by atoms with Crippen molar-refractivity contribution in [1.29, 1.82) is 5.26 Å². The fraction of sp³-hybridized carbons (Fsp3) is 0.750. The van der Waals surface area contributed by atoms with Crippen LogP contribution in [0.15, 0.2) is 0 Å². The first-order valence-corrected chi connectivity index (χ1v) is 4.72. The second-order valence-electron chi connectivity index (χ2n) is 2.91. The molecule has 1 fully saturated rings. The van der Waals surface area contributed by atoms with Gasteiger partial charge in [0, 0.05) is 18.6 Å². The van der Waals surface area contributed by atoms with Crippen LogP contribution in [0.3, 0.4) is 0 Å². The number of carbonyl (C=O) groups is 1. The minimum atomic E-state index is -0.240. The molecule has 0 bridgehead atoms. The van der Waals surface area contributed by atoms with Crippen LogP contribution in [-0.2, 0) is 4.79 Å². The standard InChI is InChI=1S/C8H11NOS/c1-8(4-2-5-9)7(10)3-6-11-8/h2-4,6H2,1H3/t8-/m0/s1. The summed E-state index contributed by atoms with van der Waals surface area (Å²) >= 11 is 1.69. The summed E-state index contributed by atoms with van der Waals surface area (Å²) in [5, 5.41) is 8.36. The second-order valence-corrected chi connectivity index (χ2v) is 4.51. The monoisotopic (exact) mass is 169 g/mol. The third kappa shape index (κ3) is 1.75. The molecule has 0 aliphatic carbocycles. The van der Waals surface area contributed by atoms with Crippen LogP contribution in [-0.4, -0.2) is 16.3 Å². The van der Waals surface area contributed by atoms with Gasteiger partial charge in [-0.15, -0.1) is 11.8 Å². The number of rotatable bonds is 2. The summed E-state index contributed by atoms with van der Waals surface area (Å²) < 4.78 is -0.240. The van der Waals surface area contributed by atoms with Gasteiger partial charge in [-0.2, -0.15) is 5.26 Å². The van der Waals surface area contributed by atoms with E-state index in [-0.39, 0.29) is 4.75 Å². The predicted octanol–water partition coefficient (Wildman–Crippen LogP) is 1.75. The third-order valence-corrected chi connectivity index (χ3v) is 3.53. The predicted molar refractivity (Wildman–Crippen MR) is 45.3 cm³/mol. The lowest BCUT2D eigenvalue weighted by atomic mass is 9.99. The summed E-state index contributed by atoms with van der Waals surface area (Å²) in [6, 6.07) is 2.07. The van der Waals surface area contributed by atoms with Crippen LogP contribution in [0.1, 0.15) is 26.2 Å². The average Bonchev–Trinajstić information content (AvgIpc) is 2.30. The zero-order valence-corrected chi connectivity index (χ0v) is 7.41. The zero-order valence-electron chi connectivity index (χ0n) is 6.59. The van der Waals surface area contributed by atoms with Crippen molar-refractivity contribution < 1.29 is 4.79 Å². The molecule has 0 spiro atoms. The first kappa shape index (κ1) is 8.61. The van der Waals surface area contributed by atoms with Crippen molar-refractivity contribution in [2.45, 2.75) is 30.9 Å². The number of thioether (sulfide) groups is 1. The molecule has 0 aromatic rings. The summed E-state index contributed by atoms with van der Waals surface area (Å²) in [6.45, 7) is 1.95. The van der Waals surface area contributed by atoms with Crippen molar-refractivity contribution in [2.24, 2.45) is 0 Å². The lowest BCUT2D eigenvalue weighted by molar-refractivity contribution is -0.120. The Bertz CT molecular complexity index is 209. The van der Waals surface area contributed by atoms with Crippen LogP contribution < -0.4 is 0 Å². The number of nitriles is 1. The van der Waals surface area contributed by atoms with Gasteiger partial charge < -0.3 is 0 Å². The smallest absolute Gasteiger partial charge is 0.149 e. The van der Waals surface area contributed by atoms with Crippen molar-refractivity contribution in [3.05, 3.63) is 0 Å². The molecule has 60 valence electrons. The number of Topliss-reactive ketones (excluding diaryl/α,β-unsaturated/α-hetero) is 1. The van der Waals surface area contributed by atoms with Gasteiger partial charge in [0.2, 0.25) is 0 Å². The third-order valence-electron chi connectivity index (χ3n) is 2.05. The Morgan fingerprint density at radius 3 is 3.00 bits per heavy atom. The van der Waals surface area contributed by atoms with Crippen molar-refractivity contribution in [2.75, 3.05) is 5.75 Å². The van der Waals surface area contributed by atoms with E-state index in [1.165, 1.54) is 0 Å². The van der Waals surface area contributed by atoms with Gasteiger partial charge in [0.1, 0.15) is 5.78 Å². The van der Waals surface area contributed by atoms with Gasteiger partial charge in [-0.1, -0.05) is 0 Å². The molecule has 11 heavy (non-hydrogen) atoms. The SMILES string of the molecule is C[C@@]1(CCC#N)SCCC1=O. The van der Waals surface area contributed by atoms with E-state index in [0.717, 1.165) is 5.75 Å². The highest BCUT2D eigenvalue weighted by molar-refractivity contribution is 8.01. The van der Waals surface area contributed by atoms with E-state index < -0.39 is 0 Å². The average molecular weight is 169 g/mol. The van der Waals surface area contributed by atoms with E-state index >= 15 is 0 Å². The summed E-state index contributed by atoms with van der Waals surface area (Å²) in [4.78, 5) is 11.3. The lowest BCUT2D eigenvalue weighted by Gasteiger charge is -2.18. The van der Waals surface area contributed by atoms with Gasteiger partial charge in [-0.3, -0.25) is 4.79 Å². The van der Waals surface area contributed by atoms with Crippen LogP contribution in [0.25, 0.3) is 0 Å². The number of hydrogen-bond acceptors (Lipinski definition) is 3. The molecule has 0 unspecified atom stereocenters. The van der Waals surface area contributed by atoms with E-state index in [1.54, 1.807) is 11.8 Å². The summed E-state index contributed by atoms with van der Waals surface area (Å²) in [5.41, 5.74) is 0. The molecule has 1 heterocycles. The van der Waals surface area contributed by atoms with Gasteiger partial charge >= 0.3 is 0 Å². The Morgan fingerprint density at radius 1 is 1.82 bits per heavy atom. The van der Waals surface area contributed by atoms with E-state index in [1.807, 2.05) is 6.92 Å². The van der Waals surface area contributed by atoms with Crippen molar-refractivity contribution >= 4 is 17.5 Å². The minimum absolute atomic E-state index is 0.240. The van der Waals surface area contributed by atoms with Crippen LogP contribution >= 0.6 is 11.8 Å². The Hall–Kier alpha value is -0.490. The topological polar surface area (TPSA) is 40.9 Å². The Balaban J connectivity index is 2.52. The maximum atomic E-state index is 11.3. The van der Waals surface area contributed by atoms with Gasteiger partial charge in [0.15, 0.2) is 0 Å². The summed E-state index contributed by atoms with van der Waals surface area (Å²) in [5.74, 6) is 1.25. The molecule has 1 saturated heterocycles. The molecule has 1 atom stereocenters.